The van der Waals surface area contributed by atoms with Gasteiger partial charge >= 0.3 is 0 Å². The van der Waals surface area contributed by atoms with E-state index in [0.29, 0.717) is 16.3 Å². The minimum atomic E-state index is -0.461. The molecule has 3 aromatic rings. The van der Waals surface area contributed by atoms with Crippen LogP contribution in [0.1, 0.15) is 29.0 Å². The predicted octanol–water partition coefficient (Wildman–Crippen LogP) is 3.87. The number of furan rings is 2. The third-order valence-electron chi connectivity index (χ3n) is 4.30. The highest BCUT2D eigenvalue weighted by Gasteiger charge is 2.28. The van der Waals surface area contributed by atoms with Gasteiger partial charge in [-0.15, -0.1) is 0 Å². The van der Waals surface area contributed by atoms with E-state index in [0.717, 1.165) is 41.0 Å². The van der Waals surface area contributed by atoms with Crippen LogP contribution in [0.15, 0.2) is 50.7 Å². The molecule has 1 amide bonds. The van der Waals surface area contributed by atoms with Gasteiger partial charge in [0.05, 0.1) is 29.5 Å². The third kappa shape index (κ3) is 3.27. The number of nitrogens with two attached hydrogens (primary N) is 1. The number of thioether (sulfide) groups is 1. The van der Waals surface area contributed by atoms with Crippen LogP contribution in [0.25, 0.3) is 23.0 Å². The number of carbonyl (C=O) groups excluding carboxylic acids is 1. The van der Waals surface area contributed by atoms with E-state index < -0.39 is 5.91 Å². The molecule has 0 atom stereocenters. The molecule has 0 spiro atoms. The fourth-order valence-corrected chi connectivity index (χ4v) is 3.94. The summed E-state index contributed by atoms with van der Waals surface area (Å²) < 4.78 is 11.0. The first-order valence-corrected chi connectivity index (χ1v) is 9.32. The van der Waals surface area contributed by atoms with Crippen molar-refractivity contribution in [3.05, 3.63) is 59.4 Å². The molecule has 6 nitrogen and oxygen atoms in total. The predicted molar refractivity (Wildman–Crippen MR) is 101 cm³/mol. The van der Waals surface area contributed by atoms with E-state index >= 15 is 0 Å². The summed E-state index contributed by atoms with van der Waals surface area (Å²) in [5, 5.41) is 10.3. The molecule has 134 valence electrons. The first kappa shape index (κ1) is 17.2. The van der Waals surface area contributed by atoms with Crippen LogP contribution in [-0.4, -0.2) is 16.6 Å². The van der Waals surface area contributed by atoms with Crippen LogP contribution < -0.4 is 5.73 Å². The zero-order chi connectivity index (χ0) is 18.8. The van der Waals surface area contributed by atoms with Crippen molar-refractivity contribution in [2.24, 2.45) is 5.73 Å². The summed E-state index contributed by atoms with van der Waals surface area (Å²) in [4.78, 5) is 16.0. The Morgan fingerprint density at radius 3 is 2.78 bits per heavy atom. The molecule has 0 aliphatic heterocycles. The Balaban J connectivity index is 1.91. The smallest absolute Gasteiger partial charge is 0.227 e. The van der Waals surface area contributed by atoms with E-state index in [-0.39, 0.29) is 5.75 Å². The quantitative estimate of drug-likeness (QED) is 0.677. The largest absolute Gasteiger partial charge is 0.465 e. The summed E-state index contributed by atoms with van der Waals surface area (Å²) >= 11 is 1.17. The summed E-state index contributed by atoms with van der Waals surface area (Å²) in [5.74, 6) is 0.951. The van der Waals surface area contributed by atoms with Gasteiger partial charge in [-0.3, -0.25) is 4.79 Å². The number of hydrogen-bond acceptors (Lipinski definition) is 6. The number of nitrogens with zero attached hydrogens (tertiary/aromatic N) is 2. The van der Waals surface area contributed by atoms with E-state index in [1.54, 1.807) is 18.6 Å². The van der Waals surface area contributed by atoms with Crippen molar-refractivity contribution in [1.29, 1.82) is 5.26 Å². The minimum Gasteiger partial charge on any atom is -0.465 e. The van der Waals surface area contributed by atoms with Gasteiger partial charge in [0.15, 0.2) is 0 Å². The Morgan fingerprint density at radius 1 is 1.30 bits per heavy atom. The number of rotatable bonds is 5. The van der Waals surface area contributed by atoms with Crippen LogP contribution in [0.4, 0.5) is 0 Å². The molecule has 1 aliphatic carbocycles. The highest BCUT2D eigenvalue weighted by molar-refractivity contribution is 8.00. The Bertz CT molecular complexity index is 1060. The van der Waals surface area contributed by atoms with Crippen LogP contribution >= 0.6 is 11.8 Å². The summed E-state index contributed by atoms with van der Waals surface area (Å²) in [5.41, 5.74) is 9.24. The molecule has 27 heavy (non-hydrogen) atoms. The zero-order valence-electron chi connectivity index (χ0n) is 14.3. The van der Waals surface area contributed by atoms with E-state index in [2.05, 4.69) is 6.07 Å². The number of allylic oxidation sites excluding steroid dienone is 1. The average Bonchev–Trinajstić information content (AvgIpc) is 3.41. The number of fused-ring (bicyclic) bond motifs is 1. The number of aromatic nitrogens is 1. The fourth-order valence-electron chi connectivity index (χ4n) is 3.21. The van der Waals surface area contributed by atoms with Crippen LogP contribution in [0, 0.1) is 11.3 Å². The monoisotopic (exact) mass is 377 g/mol. The van der Waals surface area contributed by atoms with Crippen LogP contribution in [0.5, 0.6) is 0 Å². The molecule has 0 bridgehead atoms. The van der Waals surface area contributed by atoms with Crippen LogP contribution in [0.2, 0.25) is 0 Å². The molecule has 0 aromatic carbocycles. The second kappa shape index (κ2) is 7.17. The lowest BCUT2D eigenvalue weighted by Gasteiger charge is -2.12. The molecule has 0 fully saturated rings. The van der Waals surface area contributed by atoms with Gasteiger partial charge in [-0.25, -0.2) is 4.98 Å². The molecular formula is C20H15N3O3S. The zero-order valence-corrected chi connectivity index (χ0v) is 15.1. The van der Waals surface area contributed by atoms with Gasteiger partial charge in [-0.05, 0) is 54.3 Å². The number of hydrogen-bond donors (Lipinski definition) is 1. The number of pyridine rings is 1. The van der Waals surface area contributed by atoms with Crippen molar-refractivity contribution >= 4 is 29.3 Å². The molecular weight excluding hydrogens is 362 g/mol. The van der Waals surface area contributed by atoms with E-state index in [9.17, 15) is 10.1 Å². The molecule has 3 aromatic heterocycles. The molecule has 0 saturated carbocycles. The maximum Gasteiger partial charge on any atom is 0.227 e. The SMILES string of the molecule is N#Cc1c(SCC(N)=O)nc2c(c1-c1ccco1)CC/C2=C/c1ccco1. The molecule has 0 saturated heterocycles. The maximum absolute atomic E-state index is 11.2. The maximum atomic E-state index is 11.2. The van der Waals surface area contributed by atoms with E-state index in [1.165, 1.54) is 11.8 Å². The minimum absolute atomic E-state index is 0.0509. The lowest BCUT2D eigenvalue weighted by molar-refractivity contribution is -0.115. The molecule has 0 radical (unpaired) electrons. The summed E-state index contributed by atoms with van der Waals surface area (Å²) in [6.07, 6.45) is 6.69. The molecule has 0 unspecified atom stereocenters. The van der Waals surface area contributed by atoms with Crippen molar-refractivity contribution in [1.82, 2.24) is 4.98 Å². The van der Waals surface area contributed by atoms with Gasteiger partial charge in [-0.2, -0.15) is 5.26 Å². The Kier molecular flexibility index (Phi) is 4.57. The van der Waals surface area contributed by atoms with E-state index in [1.807, 2.05) is 24.3 Å². The lowest BCUT2D eigenvalue weighted by atomic mass is 10.00. The lowest BCUT2D eigenvalue weighted by Crippen LogP contribution is -2.13. The highest BCUT2D eigenvalue weighted by atomic mass is 32.2. The van der Waals surface area contributed by atoms with Gasteiger partial charge in [0.1, 0.15) is 22.6 Å². The second-order valence-electron chi connectivity index (χ2n) is 6.02. The number of amides is 1. The number of primary amides is 1. The van der Waals surface area contributed by atoms with Crippen LogP contribution in [-0.2, 0) is 11.2 Å². The number of carbonyl (C=O) groups is 1. The fraction of sp³-hybridized carbons (Fsp3) is 0.150. The molecule has 2 N–H and O–H groups in total. The van der Waals surface area contributed by atoms with Gasteiger partial charge in [-0.1, -0.05) is 11.8 Å². The summed E-state index contributed by atoms with van der Waals surface area (Å²) in [7, 11) is 0. The summed E-state index contributed by atoms with van der Waals surface area (Å²) in [6, 6.07) is 9.56. The third-order valence-corrected chi connectivity index (χ3v) is 5.30. The van der Waals surface area contributed by atoms with Gasteiger partial charge < -0.3 is 14.6 Å². The van der Waals surface area contributed by atoms with Crippen LogP contribution in [0.3, 0.4) is 0 Å². The normalized spacial score (nSPS) is 14.3. The number of nitriles is 1. The van der Waals surface area contributed by atoms with Gasteiger partial charge in [0.25, 0.3) is 0 Å². The second-order valence-corrected chi connectivity index (χ2v) is 6.99. The van der Waals surface area contributed by atoms with E-state index in [4.69, 9.17) is 19.6 Å². The first-order chi connectivity index (χ1) is 13.2. The molecule has 3 heterocycles. The Hall–Kier alpha value is -3.24. The Labute approximate surface area is 159 Å². The van der Waals surface area contributed by atoms with Gasteiger partial charge in [0.2, 0.25) is 5.91 Å². The molecule has 4 rings (SSSR count). The van der Waals surface area contributed by atoms with Gasteiger partial charge in [0, 0.05) is 5.56 Å². The topological polar surface area (TPSA) is 106 Å². The molecule has 1 aliphatic rings. The molecule has 7 heteroatoms. The first-order valence-electron chi connectivity index (χ1n) is 8.33. The van der Waals surface area contributed by atoms with Crippen molar-refractivity contribution in [3.63, 3.8) is 0 Å². The van der Waals surface area contributed by atoms with Crippen molar-refractivity contribution in [2.45, 2.75) is 17.9 Å². The Morgan fingerprint density at radius 2 is 2.11 bits per heavy atom. The highest BCUT2D eigenvalue weighted by Crippen LogP contribution is 2.43. The summed E-state index contributed by atoms with van der Waals surface area (Å²) in [6.45, 7) is 0. The van der Waals surface area contributed by atoms with Crippen molar-refractivity contribution in [3.8, 4) is 17.4 Å². The van der Waals surface area contributed by atoms with Crippen molar-refractivity contribution < 1.29 is 13.6 Å². The average molecular weight is 377 g/mol. The van der Waals surface area contributed by atoms with Crippen molar-refractivity contribution in [2.75, 3.05) is 5.75 Å². The standard InChI is InChI=1S/C20H15N3O3S/c21-10-15-18(16-4-2-8-26-16)14-6-5-12(9-13-3-1-7-25-13)19(14)23-20(15)27-11-17(22)24/h1-4,7-9H,5-6,11H2,(H2,22,24)/b12-9-.